The molecule has 0 fully saturated rings. The Labute approximate surface area is 194 Å². The highest BCUT2D eigenvalue weighted by atomic mass is 32.2. The van der Waals surface area contributed by atoms with E-state index < -0.39 is 0 Å². The van der Waals surface area contributed by atoms with Crippen LogP contribution in [0.3, 0.4) is 0 Å². The zero-order valence-electron chi connectivity index (χ0n) is 18.3. The number of unbranched alkanes of at least 4 members (excludes halogenated alkanes) is 2. The Bertz CT molecular complexity index is 1080. The molecular formula is C21H28N4O3S3. The van der Waals surface area contributed by atoms with Gasteiger partial charge in [-0.3, -0.25) is 4.79 Å². The van der Waals surface area contributed by atoms with Crippen LogP contribution in [-0.2, 0) is 27.3 Å². The summed E-state index contributed by atoms with van der Waals surface area (Å²) >= 11 is 4.59. The lowest BCUT2D eigenvalue weighted by Crippen LogP contribution is -2.26. The van der Waals surface area contributed by atoms with Crippen molar-refractivity contribution in [3.63, 3.8) is 0 Å². The number of thiophene rings is 1. The number of nitrogens with zero attached hydrogens (tertiary/aromatic N) is 4. The fraction of sp³-hybridized carbons (Fsp3) is 0.619. The van der Waals surface area contributed by atoms with Crippen LogP contribution in [0.15, 0.2) is 10.3 Å². The molecule has 0 amide bonds. The average Bonchev–Trinajstić information content (AvgIpc) is 3.35. The third-order valence-corrected chi connectivity index (χ3v) is 8.05. The van der Waals surface area contributed by atoms with Crippen molar-refractivity contribution in [2.24, 2.45) is 5.92 Å². The first-order chi connectivity index (χ1) is 15.0. The molecule has 10 heteroatoms. The van der Waals surface area contributed by atoms with E-state index in [-0.39, 0.29) is 17.8 Å². The summed E-state index contributed by atoms with van der Waals surface area (Å²) in [5.41, 5.74) is 2.10. The minimum absolute atomic E-state index is 0.199. The monoisotopic (exact) mass is 480 g/mol. The van der Waals surface area contributed by atoms with Crippen LogP contribution in [0.5, 0.6) is 0 Å². The molecule has 7 nitrogen and oxygen atoms in total. The van der Waals surface area contributed by atoms with Gasteiger partial charge in [-0.1, -0.05) is 57.1 Å². The lowest BCUT2D eigenvalue weighted by atomic mass is 9.96. The molecule has 4 rings (SSSR count). The van der Waals surface area contributed by atoms with Gasteiger partial charge >= 0.3 is 5.97 Å². The molecule has 0 saturated carbocycles. The number of carbonyl (C=O) groups is 1. The second-order valence-corrected chi connectivity index (χ2v) is 10.7. The Balaban J connectivity index is 1.63. The predicted molar refractivity (Wildman–Crippen MR) is 126 cm³/mol. The number of esters is 1. The number of carbonyl (C=O) groups excluding carboxylic acids is 1. The Morgan fingerprint density at radius 3 is 2.90 bits per heavy atom. The normalized spacial score (nSPS) is 16.4. The summed E-state index contributed by atoms with van der Waals surface area (Å²) < 4.78 is 13.4. The summed E-state index contributed by atoms with van der Waals surface area (Å²) in [6.45, 7) is 7.61. The minimum Gasteiger partial charge on any atom is -0.465 e. The van der Waals surface area contributed by atoms with Gasteiger partial charge in [-0.25, -0.2) is 9.38 Å². The van der Waals surface area contributed by atoms with Crippen LogP contribution in [-0.4, -0.2) is 50.3 Å². The minimum atomic E-state index is -0.220. The van der Waals surface area contributed by atoms with Crippen LogP contribution in [0.4, 0.5) is 0 Å². The Morgan fingerprint density at radius 2 is 2.16 bits per heavy atom. The molecule has 0 aromatic carbocycles. The smallest absolute Gasteiger partial charge is 0.316 e. The maximum absolute atomic E-state index is 12.1. The van der Waals surface area contributed by atoms with Crippen molar-refractivity contribution < 1.29 is 14.3 Å². The van der Waals surface area contributed by atoms with Gasteiger partial charge in [0.15, 0.2) is 16.0 Å². The first-order valence-electron chi connectivity index (χ1n) is 10.7. The Hall–Kier alpha value is -1.36. The average molecular weight is 481 g/mol. The molecule has 0 N–H and O–H groups in total. The molecule has 31 heavy (non-hydrogen) atoms. The topological polar surface area (TPSA) is 78.6 Å². The van der Waals surface area contributed by atoms with Crippen molar-refractivity contribution in [2.75, 3.05) is 18.6 Å². The lowest BCUT2D eigenvalue weighted by Gasteiger charge is -2.26. The number of hydrogen-bond acceptors (Lipinski definition) is 9. The third kappa shape index (κ3) is 4.72. The molecule has 1 aliphatic heterocycles. The molecule has 1 aliphatic rings. The van der Waals surface area contributed by atoms with Gasteiger partial charge in [0, 0.05) is 11.3 Å². The van der Waals surface area contributed by atoms with Crippen LogP contribution >= 0.6 is 34.9 Å². The second kappa shape index (κ2) is 10.1. The van der Waals surface area contributed by atoms with E-state index in [2.05, 4.69) is 31.0 Å². The Kier molecular flexibility index (Phi) is 7.40. The first kappa shape index (κ1) is 22.8. The maximum atomic E-state index is 12.1. The molecule has 4 heterocycles. The standard InChI is InChI=1S/C21H28N4O3S3/c1-5-6-7-8-27-16(26)11-30-21-24-23-18-17-13-9-14(12(2)3)28-10-15(13)31-19(17)22-20(29-4)25(18)21/h12,14H,5-11H2,1-4H3/t14-/m1/s1. The predicted octanol–water partition coefficient (Wildman–Crippen LogP) is 4.98. The van der Waals surface area contributed by atoms with Gasteiger partial charge in [0.25, 0.3) is 0 Å². The number of thioether (sulfide) groups is 2. The number of hydrogen-bond donors (Lipinski definition) is 0. The molecule has 1 atom stereocenters. The summed E-state index contributed by atoms with van der Waals surface area (Å²) in [7, 11) is 0. The highest BCUT2D eigenvalue weighted by molar-refractivity contribution is 8.00. The van der Waals surface area contributed by atoms with E-state index in [4.69, 9.17) is 14.5 Å². The van der Waals surface area contributed by atoms with Gasteiger partial charge in [0.05, 0.1) is 30.5 Å². The van der Waals surface area contributed by atoms with Gasteiger partial charge < -0.3 is 9.47 Å². The van der Waals surface area contributed by atoms with E-state index in [9.17, 15) is 4.79 Å². The highest BCUT2D eigenvalue weighted by Crippen LogP contribution is 2.40. The van der Waals surface area contributed by atoms with Gasteiger partial charge in [-0.2, -0.15) is 0 Å². The SMILES string of the molecule is CCCCCOC(=O)CSc1nnc2c3c4c(sc3nc(SC)n12)CO[C@@H](C(C)C)C4. The van der Waals surface area contributed by atoms with Crippen molar-refractivity contribution in [1.29, 1.82) is 0 Å². The first-order valence-corrected chi connectivity index (χ1v) is 13.7. The van der Waals surface area contributed by atoms with E-state index in [0.717, 1.165) is 46.7 Å². The molecule has 168 valence electrons. The number of fused-ring (bicyclic) bond motifs is 5. The zero-order valence-corrected chi connectivity index (χ0v) is 20.8. The van der Waals surface area contributed by atoms with Crippen LogP contribution < -0.4 is 0 Å². The lowest BCUT2D eigenvalue weighted by molar-refractivity contribution is -0.140. The molecule has 0 bridgehead atoms. The molecule has 0 saturated heterocycles. The van der Waals surface area contributed by atoms with Crippen molar-refractivity contribution >= 4 is 56.7 Å². The van der Waals surface area contributed by atoms with Gasteiger partial charge in [0.1, 0.15) is 4.83 Å². The van der Waals surface area contributed by atoms with Crippen molar-refractivity contribution in [3.05, 3.63) is 10.4 Å². The molecule has 0 aliphatic carbocycles. The van der Waals surface area contributed by atoms with Gasteiger partial charge in [-0.05, 0) is 24.2 Å². The van der Waals surface area contributed by atoms with Crippen LogP contribution in [0.1, 0.15) is 50.5 Å². The number of ether oxygens (including phenoxy) is 2. The van der Waals surface area contributed by atoms with E-state index >= 15 is 0 Å². The number of rotatable bonds is 9. The molecule has 3 aromatic heterocycles. The zero-order chi connectivity index (χ0) is 22.0. The summed E-state index contributed by atoms with van der Waals surface area (Å²) in [5.74, 6) is 0.441. The second-order valence-electron chi connectivity index (χ2n) is 7.94. The number of aromatic nitrogens is 4. The fourth-order valence-electron chi connectivity index (χ4n) is 3.69. The van der Waals surface area contributed by atoms with Crippen molar-refractivity contribution in [1.82, 2.24) is 19.6 Å². The van der Waals surface area contributed by atoms with E-state index in [1.165, 1.54) is 22.2 Å². The molecule has 0 radical (unpaired) electrons. The maximum Gasteiger partial charge on any atom is 0.316 e. The van der Waals surface area contributed by atoms with Gasteiger partial charge in [-0.15, -0.1) is 21.5 Å². The van der Waals surface area contributed by atoms with E-state index in [0.29, 0.717) is 24.3 Å². The van der Waals surface area contributed by atoms with E-state index in [1.807, 2.05) is 10.7 Å². The summed E-state index contributed by atoms with van der Waals surface area (Å²) in [4.78, 5) is 19.2. The van der Waals surface area contributed by atoms with Crippen LogP contribution in [0.2, 0.25) is 0 Å². The third-order valence-electron chi connectivity index (χ3n) is 5.41. The molecular weight excluding hydrogens is 452 g/mol. The summed E-state index contributed by atoms with van der Waals surface area (Å²) in [6, 6.07) is 0. The largest absolute Gasteiger partial charge is 0.465 e. The summed E-state index contributed by atoms with van der Waals surface area (Å²) in [6.07, 6.45) is 6.14. The Morgan fingerprint density at radius 1 is 1.32 bits per heavy atom. The van der Waals surface area contributed by atoms with Crippen molar-refractivity contribution in [2.45, 2.75) is 69.5 Å². The van der Waals surface area contributed by atoms with E-state index in [1.54, 1.807) is 23.1 Å². The molecule has 0 spiro atoms. The van der Waals surface area contributed by atoms with Crippen LogP contribution in [0, 0.1) is 5.92 Å². The quantitative estimate of drug-likeness (QED) is 0.184. The molecule has 0 unspecified atom stereocenters. The highest BCUT2D eigenvalue weighted by Gasteiger charge is 2.29. The molecule has 3 aromatic rings. The van der Waals surface area contributed by atoms with Crippen molar-refractivity contribution in [3.8, 4) is 0 Å². The van der Waals surface area contributed by atoms with Crippen LogP contribution in [0.25, 0.3) is 15.9 Å². The summed E-state index contributed by atoms with van der Waals surface area (Å²) in [5, 5.41) is 11.5. The van der Waals surface area contributed by atoms with Gasteiger partial charge in [0.2, 0.25) is 0 Å². The fourth-order valence-corrected chi connectivity index (χ4v) is 6.19.